The number of nitrogens with zero attached hydrogens (tertiary/aromatic N) is 3. The van der Waals surface area contributed by atoms with E-state index in [9.17, 15) is 0 Å². The van der Waals surface area contributed by atoms with Gasteiger partial charge in [-0.05, 0) is 0 Å². The van der Waals surface area contributed by atoms with Gasteiger partial charge in [-0.3, -0.25) is 4.68 Å². The van der Waals surface area contributed by atoms with Crippen LogP contribution < -0.4 is 0 Å². The Bertz CT molecular complexity index is 248. The average Bonchev–Trinajstić information content (AvgIpc) is 2.37. The Hall–Kier alpha value is -1.01. The predicted molar refractivity (Wildman–Crippen MR) is 37.4 cm³/mol. The maximum atomic E-state index is 8.26. The van der Waals surface area contributed by atoms with Crippen LogP contribution in [0.15, 0.2) is 12.4 Å². The van der Waals surface area contributed by atoms with Gasteiger partial charge in [0.15, 0.2) is 0 Å². The molecule has 3 nitrogen and oxygen atoms in total. The molecule has 4 heteroatoms. The summed E-state index contributed by atoms with van der Waals surface area (Å²) in [6.45, 7) is 0.289. The molecule has 0 fully saturated rings. The predicted octanol–water partition coefficient (Wildman–Crippen LogP) is 1.15. The van der Waals surface area contributed by atoms with Crippen LogP contribution in [0.4, 0.5) is 0 Å². The van der Waals surface area contributed by atoms with Crippen LogP contribution in [0.3, 0.4) is 0 Å². The summed E-state index contributed by atoms with van der Waals surface area (Å²) >= 11 is 5.50. The average molecular weight is 156 g/mol. The fourth-order valence-corrected chi connectivity index (χ4v) is 0.772. The highest BCUT2D eigenvalue weighted by Gasteiger charge is 1.93. The lowest BCUT2D eigenvalue weighted by molar-refractivity contribution is 0.709. The lowest BCUT2D eigenvalue weighted by atomic mass is 10.4. The fraction of sp³-hybridized carbons (Fsp3) is 0.333. The van der Waals surface area contributed by atoms with Crippen molar-refractivity contribution in [2.75, 3.05) is 0 Å². The van der Waals surface area contributed by atoms with Crippen molar-refractivity contribution in [1.29, 1.82) is 5.26 Å². The topological polar surface area (TPSA) is 41.6 Å². The molecule has 10 heavy (non-hydrogen) atoms. The highest BCUT2D eigenvalue weighted by molar-refractivity contribution is 6.17. The van der Waals surface area contributed by atoms with Gasteiger partial charge < -0.3 is 0 Å². The minimum atomic E-state index is 0.289. The summed E-state index contributed by atoms with van der Waals surface area (Å²) in [6, 6.07) is 1.98. The Morgan fingerprint density at radius 1 is 1.80 bits per heavy atom. The maximum Gasteiger partial charge on any atom is 0.128 e. The molecule has 1 aromatic rings. The Labute approximate surface area is 63.8 Å². The lowest BCUT2D eigenvalue weighted by Crippen LogP contribution is -1.94. The largest absolute Gasteiger partial charge is 0.258 e. The van der Waals surface area contributed by atoms with E-state index in [0.29, 0.717) is 5.88 Å². The number of alkyl halides is 1. The van der Waals surface area contributed by atoms with Gasteiger partial charge in [0.1, 0.15) is 6.54 Å². The molecule has 0 saturated carbocycles. The van der Waals surface area contributed by atoms with Crippen molar-refractivity contribution in [3.8, 4) is 6.07 Å². The molecule has 0 radical (unpaired) electrons. The molecule has 0 aliphatic carbocycles. The van der Waals surface area contributed by atoms with Gasteiger partial charge in [0.05, 0.1) is 18.1 Å². The van der Waals surface area contributed by atoms with E-state index in [-0.39, 0.29) is 6.54 Å². The first-order valence-corrected chi connectivity index (χ1v) is 3.34. The van der Waals surface area contributed by atoms with Gasteiger partial charge in [-0.15, -0.1) is 11.6 Å². The van der Waals surface area contributed by atoms with Crippen LogP contribution in [0.25, 0.3) is 0 Å². The molecular weight excluding hydrogens is 150 g/mol. The van der Waals surface area contributed by atoms with E-state index in [0.717, 1.165) is 5.56 Å². The van der Waals surface area contributed by atoms with Gasteiger partial charge in [0.2, 0.25) is 0 Å². The molecule has 0 aromatic carbocycles. The molecule has 0 aliphatic heterocycles. The first-order valence-electron chi connectivity index (χ1n) is 2.81. The third-order valence-electron chi connectivity index (χ3n) is 1.07. The molecule has 1 rings (SSSR count). The van der Waals surface area contributed by atoms with Crippen molar-refractivity contribution in [3.63, 3.8) is 0 Å². The minimum absolute atomic E-state index is 0.289. The van der Waals surface area contributed by atoms with Crippen molar-refractivity contribution in [1.82, 2.24) is 9.78 Å². The van der Waals surface area contributed by atoms with Gasteiger partial charge in [-0.2, -0.15) is 10.4 Å². The van der Waals surface area contributed by atoms with Crippen molar-refractivity contribution >= 4 is 11.6 Å². The van der Waals surface area contributed by atoms with Crippen LogP contribution in [-0.2, 0) is 12.4 Å². The monoisotopic (exact) mass is 155 g/mol. The maximum absolute atomic E-state index is 8.26. The molecule has 52 valence electrons. The van der Waals surface area contributed by atoms with E-state index >= 15 is 0 Å². The molecule has 0 saturated heterocycles. The second-order valence-corrected chi connectivity index (χ2v) is 2.11. The number of hydrogen-bond donors (Lipinski definition) is 0. The number of halogens is 1. The van der Waals surface area contributed by atoms with Gasteiger partial charge in [-0.25, -0.2) is 0 Å². The van der Waals surface area contributed by atoms with Gasteiger partial charge >= 0.3 is 0 Å². The molecule has 0 bridgehead atoms. The molecule has 1 heterocycles. The van der Waals surface area contributed by atoms with Crippen LogP contribution in [0.2, 0.25) is 0 Å². The van der Waals surface area contributed by atoms with Crippen LogP contribution in [0.5, 0.6) is 0 Å². The van der Waals surface area contributed by atoms with E-state index in [1.165, 1.54) is 0 Å². The van der Waals surface area contributed by atoms with E-state index < -0.39 is 0 Å². The highest BCUT2D eigenvalue weighted by atomic mass is 35.5. The SMILES string of the molecule is N#CCn1cc(CCl)cn1. The second kappa shape index (κ2) is 3.23. The highest BCUT2D eigenvalue weighted by Crippen LogP contribution is 2.00. The van der Waals surface area contributed by atoms with E-state index in [1.807, 2.05) is 6.07 Å². The summed E-state index contributed by atoms with van der Waals surface area (Å²) in [6.07, 6.45) is 3.42. The van der Waals surface area contributed by atoms with Crippen LogP contribution in [0.1, 0.15) is 5.56 Å². The van der Waals surface area contributed by atoms with Gasteiger partial charge in [0.25, 0.3) is 0 Å². The zero-order valence-corrected chi connectivity index (χ0v) is 6.04. The van der Waals surface area contributed by atoms with Gasteiger partial charge in [0, 0.05) is 11.8 Å². The summed E-state index contributed by atoms with van der Waals surface area (Å²) in [5, 5.41) is 12.1. The third-order valence-corrected chi connectivity index (χ3v) is 1.38. The quantitative estimate of drug-likeness (QED) is 0.602. The molecule has 0 atom stereocenters. The Morgan fingerprint density at radius 3 is 3.10 bits per heavy atom. The van der Waals surface area contributed by atoms with Gasteiger partial charge in [-0.1, -0.05) is 0 Å². The summed E-state index contributed by atoms with van der Waals surface area (Å²) in [5.74, 6) is 0.450. The smallest absolute Gasteiger partial charge is 0.128 e. The van der Waals surface area contributed by atoms with Crippen molar-refractivity contribution in [3.05, 3.63) is 18.0 Å². The summed E-state index contributed by atoms with van der Waals surface area (Å²) in [5.41, 5.74) is 0.942. The Balaban J connectivity index is 2.70. The molecule has 0 amide bonds. The first kappa shape index (κ1) is 7.10. The number of aromatic nitrogens is 2. The number of hydrogen-bond acceptors (Lipinski definition) is 2. The number of rotatable bonds is 2. The van der Waals surface area contributed by atoms with Crippen LogP contribution in [-0.4, -0.2) is 9.78 Å². The van der Waals surface area contributed by atoms with E-state index in [2.05, 4.69) is 5.10 Å². The number of nitriles is 1. The standard InChI is InChI=1S/C6H6ClN3/c7-3-6-4-9-10(5-6)2-1-8/h4-5H,2-3H2. The zero-order chi connectivity index (χ0) is 7.40. The molecule has 0 N–H and O–H groups in total. The normalized spacial score (nSPS) is 9.20. The summed E-state index contributed by atoms with van der Waals surface area (Å²) in [4.78, 5) is 0. The van der Waals surface area contributed by atoms with Crippen molar-refractivity contribution in [2.24, 2.45) is 0 Å². The molecule has 0 aliphatic rings. The van der Waals surface area contributed by atoms with Crippen molar-refractivity contribution in [2.45, 2.75) is 12.4 Å². The minimum Gasteiger partial charge on any atom is -0.258 e. The van der Waals surface area contributed by atoms with E-state index in [4.69, 9.17) is 16.9 Å². The summed E-state index contributed by atoms with van der Waals surface area (Å²) < 4.78 is 1.55. The van der Waals surface area contributed by atoms with Crippen molar-refractivity contribution < 1.29 is 0 Å². The Kier molecular flexibility index (Phi) is 2.30. The summed E-state index contributed by atoms with van der Waals surface area (Å²) in [7, 11) is 0. The second-order valence-electron chi connectivity index (χ2n) is 1.84. The molecular formula is C6H6ClN3. The zero-order valence-electron chi connectivity index (χ0n) is 5.29. The molecule has 1 aromatic heterocycles. The Morgan fingerprint density at radius 2 is 2.60 bits per heavy atom. The van der Waals surface area contributed by atoms with Crippen LogP contribution in [0, 0.1) is 11.3 Å². The lowest BCUT2D eigenvalue weighted by Gasteiger charge is -1.87. The fourth-order valence-electron chi connectivity index (χ4n) is 0.634. The molecule has 0 spiro atoms. The van der Waals surface area contributed by atoms with E-state index in [1.54, 1.807) is 17.1 Å². The first-order chi connectivity index (χ1) is 4.86. The van der Waals surface area contributed by atoms with Crippen LogP contribution >= 0.6 is 11.6 Å². The molecule has 0 unspecified atom stereocenters. The third kappa shape index (κ3) is 1.49.